The number of aliphatic hydroxyl groups is 1. The van der Waals surface area contributed by atoms with Crippen molar-refractivity contribution < 1.29 is 5.11 Å². The Kier molecular flexibility index (Phi) is 2.82. The van der Waals surface area contributed by atoms with Crippen molar-refractivity contribution >= 4 is 0 Å². The molecule has 1 saturated carbocycles. The van der Waals surface area contributed by atoms with Crippen LogP contribution in [0.15, 0.2) is 0 Å². The Morgan fingerprint density at radius 1 is 1.17 bits per heavy atom. The molecule has 1 rings (SSSR count). The predicted octanol–water partition coefficient (Wildman–Crippen LogP) is 2.83. The Morgan fingerprint density at radius 2 is 1.75 bits per heavy atom. The van der Waals surface area contributed by atoms with Crippen molar-refractivity contribution in [3.05, 3.63) is 0 Å². The SMILES string of the molecule is C[C@@H]1CC[C@@H](C(C)(C)C)[C@@H](O)C1. The highest BCUT2D eigenvalue weighted by atomic mass is 16.3. The minimum atomic E-state index is -0.0613. The Hall–Kier alpha value is -0.0400. The smallest absolute Gasteiger partial charge is 0.0575 e. The molecule has 0 amide bonds. The molecule has 1 nitrogen and oxygen atoms in total. The molecule has 1 aliphatic carbocycles. The van der Waals surface area contributed by atoms with E-state index in [1.807, 2.05) is 0 Å². The summed E-state index contributed by atoms with van der Waals surface area (Å²) in [5.74, 6) is 1.23. The summed E-state index contributed by atoms with van der Waals surface area (Å²) < 4.78 is 0. The molecule has 0 aromatic heterocycles. The van der Waals surface area contributed by atoms with Gasteiger partial charge in [-0.3, -0.25) is 0 Å². The lowest BCUT2D eigenvalue weighted by molar-refractivity contribution is -0.00549. The van der Waals surface area contributed by atoms with E-state index in [2.05, 4.69) is 27.7 Å². The van der Waals surface area contributed by atoms with Gasteiger partial charge in [-0.1, -0.05) is 34.1 Å². The highest BCUT2D eigenvalue weighted by Gasteiger charge is 2.34. The molecular weight excluding hydrogens is 148 g/mol. The first-order valence-electron chi connectivity index (χ1n) is 5.09. The van der Waals surface area contributed by atoms with Gasteiger partial charge in [-0.05, 0) is 30.1 Å². The van der Waals surface area contributed by atoms with Crippen LogP contribution in [0.5, 0.6) is 0 Å². The molecule has 12 heavy (non-hydrogen) atoms. The van der Waals surface area contributed by atoms with E-state index in [9.17, 15) is 5.11 Å². The van der Waals surface area contributed by atoms with Crippen LogP contribution in [0.2, 0.25) is 0 Å². The zero-order valence-corrected chi connectivity index (χ0v) is 8.80. The number of hydrogen-bond donors (Lipinski definition) is 1. The average Bonchev–Trinajstić information content (AvgIpc) is 1.83. The van der Waals surface area contributed by atoms with Crippen LogP contribution in [0.3, 0.4) is 0 Å². The molecule has 1 N–H and O–H groups in total. The summed E-state index contributed by atoms with van der Waals surface area (Å²) >= 11 is 0. The van der Waals surface area contributed by atoms with Crippen molar-refractivity contribution in [3.8, 4) is 0 Å². The van der Waals surface area contributed by atoms with E-state index in [1.165, 1.54) is 12.8 Å². The highest BCUT2D eigenvalue weighted by molar-refractivity contribution is 4.85. The summed E-state index contributed by atoms with van der Waals surface area (Å²) in [6.45, 7) is 8.94. The summed E-state index contributed by atoms with van der Waals surface area (Å²) in [5.41, 5.74) is 0.277. The predicted molar refractivity (Wildman–Crippen MR) is 52.0 cm³/mol. The van der Waals surface area contributed by atoms with Crippen LogP contribution in [0.4, 0.5) is 0 Å². The van der Waals surface area contributed by atoms with E-state index in [4.69, 9.17) is 0 Å². The lowest BCUT2D eigenvalue weighted by atomic mass is 9.68. The van der Waals surface area contributed by atoms with E-state index < -0.39 is 0 Å². The van der Waals surface area contributed by atoms with Crippen molar-refractivity contribution in [2.75, 3.05) is 0 Å². The molecule has 1 fully saturated rings. The monoisotopic (exact) mass is 170 g/mol. The van der Waals surface area contributed by atoms with Gasteiger partial charge in [0, 0.05) is 0 Å². The second kappa shape index (κ2) is 3.37. The summed E-state index contributed by atoms with van der Waals surface area (Å²) in [7, 11) is 0. The highest BCUT2D eigenvalue weighted by Crippen LogP contribution is 2.39. The fourth-order valence-electron chi connectivity index (χ4n) is 2.36. The van der Waals surface area contributed by atoms with Gasteiger partial charge in [0.2, 0.25) is 0 Å². The van der Waals surface area contributed by atoms with Gasteiger partial charge in [0.25, 0.3) is 0 Å². The molecule has 1 aliphatic rings. The first-order chi connectivity index (χ1) is 5.41. The first kappa shape index (κ1) is 10.0. The van der Waals surface area contributed by atoms with Gasteiger partial charge < -0.3 is 5.11 Å². The molecule has 0 spiro atoms. The molecular formula is C11H22O. The molecule has 0 aliphatic heterocycles. The minimum Gasteiger partial charge on any atom is -0.393 e. The molecule has 0 unspecified atom stereocenters. The standard InChI is InChI=1S/C11H22O/c1-8-5-6-9(10(12)7-8)11(2,3)4/h8-10,12H,5-7H2,1-4H3/t8-,9-,10+/m1/s1. The number of rotatable bonds is 0. The lowest BCUT2D eigenvalue weighted by Gasteiger charge is -2.39. The van der Waals surface area contributed by atoms with Crippen molar-refractivity contribution in [3.63, 3.8) is 0 Å². The fraction of sp³-hybridized carbons (Fsp3) is 1.00. The number of hydrogen-bond acceptors (Lipinski definition) is 1. The normalized spacial score (nSPS) is 38.2. The third-order valence-electron chi connectivity index (χ3n) is 3.19. The van der Waals surface area contributed by atoms with Gasteiger partial charge in [-0.15, -0.1) is 0 Å². The van der Waals surface area contributed by atoms with Crippen molar-refractivity contribution in [1.82, 2.24) is 0 Å². The van der Waals surface area contributed by atoms with Gasteiger partial charge in [0.15, 0.2) is 0 Å². The molecule has 0 saturated heterocycles. The second-order valence-corrected chi connectivity index (χ2v) is 5.46. The van der Waals surface area contributed by atoms with Crippen LogP contribution in [0.1, 0.15) is 47.0 Å². The van der Waals surface area contributed by atoms with E-state index in [0.29, 0.717) is 5.92 Å². The molecule has 3 atom stereocenters. The lowest BCUT2D eigenvalue weighted by Crippen LogP contribution is -2.36. The van der Waals surface area contributed by atoms with E-state index in [-0.39, 0.29) is 11.5 Å². The summed E-state index contributed by atoms with van der Waals surface area (Å²) in [6.07, 6.45) is 3.43. The largest absolute Gasteiger partial charge is 0.393 e. The van der Waals surface area contributed by atoms with Crippen LogP contribution in [-0.4, -0.2) is 11.2 Å². The van der Waals surface area contributed by atoms with Crippen LogP contribution < -0.4 is 0 Å². The van der Waals surface area contributed by atoms with Gasteiger partial charge in [-0.2, -0.15) is 0 Å². The first-order valence-corrected chi connectivity index (χ1v) is 5.09. The molecule has 72 valence electrons. The summed E-state index contributed by atoms with van der Waals surface area (Å²) in [6, 6.07) is 0. The zero-order chi connectivity index (χ0) is 9.35. The van der Waals surface area contributed by atoms with Crippen molar-refractivity contribution in [2.45, 2.75) is 53.1 Å². The maximum absolute atomic E-state index is 9.87. The Morgan fingerprint density at radius 3 is 2.17 bits per heavy atom. The molecule has 0 aromatic carbocycles. The molecule has 1 heteroatoms. The third-order valence-corrected chi connectivity index (χ3v) is 3.19. The summed E-state index contributed by atoms with van der Waals surface area (Å²) in [5, 5.41) is 9.87. The van der Waals surface area contributed by atoms with Gasteiger partial charge >= 0.3 is 0 Å². The van der Waals surface area contributed by atoms with E-state index in [1.54, 1.807) is 0 Å². The van der Waals surface area contributed by atoms with Crippen LogP contribution in [-0.2, 0) is 0 Å². The van der Waals surface area contributed by atoms with Crippen LogP contribution in [0.25, 0.3) is 0 Å². The number of aliphatic hydroxyl groups excluding tert-OH is 1. The van der Waals surface area contributed by atoms with E-state index >= 15 is 0 Å². The maximum Gasteiger partial charge on any atom is 0.0575 e. The van der Waals surface area contributed by atoms with Crippen molar-refractivity contribution in [2.24, 2.45) is 17.3 Å². The molecule has 0 heterocycles. The Bertz CT molecular complexity index is 146. The molecule has 0 radical (unpaired) electrons. The maximum atomic E-state index is 9.87. The average molecular weight is 170 g/mol. The van der Waals surface area contributed by atoms with Gasteiger partial charge in [-0.25, -0.2) is 0 Å². The van der Waals surface area contributed by atoms with Crippen molar-refractivity contribution in [1.29, 1.82) is 0 Å². The van der Waals surface area contributed by atoms with Crippen LogP contribution in [0, 0.1) is 17.3 Å². The molecule has 0 aromatic rings. The fourth-order valence-corrected chi connectivity index (χ4v) is 2.36. The third kappa shape index (κ3) is 2.22. The Balaban J connectivity index is 2.57. The van der Waals surface area contributed by atoms with E-state index in [0.717, 1.165) is 12.3 Å². The Labute approximate surface area is 76.2 Å². The van der Waals surface area contributed by atoms with Gasteiger partial charge in [0.05, 0.1) is 6.10 Å². The topological polar surface area (TPSA) is 20.2 Å². The minimum absolute atomic E-state index is 0.0613. The second-order valence-electron chi connectivity index (χ2n) is 5.46. The van der Waals surface area contributed by atoms with Gasteiger partial charge in [0.1, 0.15) is 0 Å². The quantitative estimate of drug-likeness (QED) is 0.592. The molecule has 0 bridgehead atoms. The summed E-state index contributed by atoms with van der Waals surface area (Å²) in [4.78, 5) is 0. The zero-order valence-electron chi connectivity index (χ0n) is 8.80. The van der Waals surface area contributed by atoms with Crippen LogP contribution >= 0.6 is 0 Å².